The van der Waals surface area contributed by atoms with Crippen LogP contribution in [0.2, 0.25) is 5.02 Å². The summed E-state index contributed by atoms with van der Waals surface area (Å²) in [5.41, 5.74) is 4.04. The highest BCUT2D eigenvalue weighted by atomic mass is 35.5. The lowest BCUT2D eigenvalue weighted by molar-refractivity contribution is -0.107. The van der Waals surface area contributed by atoms with E-state index in [1.54, 1.807) is 6.07 Å². The number of rotatable bonds is 7. The Morgan fingerprint density at radius 2 is 1.66 bits per heavy atom. The predicted molar refractivity (Wildman–Crippen MR) is 130 cm³/mol. The SMILES string of the molecule is CC(C)CC(C)(OC(N)=O)[C@@H](Oc1ccc(B2OC(C)(C)C(C)(C)O2)cc1Cl)C(C)(C)C. The van der Waals surface area contributed by atoms with Crippen molar-refractivity contribution in [3.05, 3.63) is 23.2 Å². The highest BCUT2D eigenvalue weighted by Crippen LogP contribution is 2.40. The molecule has 1 aliphatic heterocycles. The van der Waals surface area contributed by atoms with Crippen LogP contribution in [0.25, 0.3) is 0 Å². The van der Waals surface area contributed by atoms with Gasteiger partial charge in [0.2, 0.25) is 0 Å². The van der Waals surface area contributed by atoms with Crippen LogP contribution in [0.3, 0.4) is 0 Å². The van der Waals surface area contributed by atoms with Gasteiger partial charge < -0.3 is 24.5 Å². The van der Waals surface area contributed by atoms with Crippen LogP contribution >= 0.6 is 11.6 Å². The first kappa shape index (κ1) is 26.8. The van der Waals surface area contributed by atoms with Crippen molar-refractivity contribution in [2.45, 2.75) is 98.6 Å². The average Bonchev–Trinajstić information content (AvgIpc) is 2.78. The van der Waals surface area contributed by atoms with Gasteiger partial charge in [-0.3, -0.25) is 0 Å². The van der Waals surface area contributed by atoms with Crippen LogP contribution in [0.5, 0.6) is 5.75 Å². The number of amides is 1. The third-order valence-corrected chi connectivity index (χ3v) is 6.51. The molecule has 2 N–H and O–H groups in total. The number of ether oxygens (including phenoxy) is 2. The van der Waals surface area contributed by atoms with Gasteiger partial charge in [0.1, 0.15) is 17.5 Å². The van der Waals surface area contributed by atoms with E-state index in [1.165, 1.54) is 0 Å². The van der Waals surface area contributed by atoms with Crippen LogP contribution in [-0.4, -0.2) is 36.1 Å². The molecule has 1 unspecified atom stereocenters. The van der Waals surface area contributed by atoms with Gasteiger partial charge in [-0.1, -0.05) is 52.3 Å². The summed E-state index contributed by atoms with van der Waals surface area (Å²) in [6.45, 7) is 20.1. The molecule has 1 aromatic carbocycles. The monoisotopic (exact) mass is 467 g/mol. The molecule has 0 aliphatic carbocycles. The molecule has 1 aromatic rings. The van der Waals surface area contributed by atoms with Crippen molar-refractivity contribution >= 4 is 30.3 Å². The van der Waals surface area contributed by atoms with E-state index in [2.05, 4.69) is 13.8 Å². The van der Waals surface area contributed by atoms with Crippen molar-refractivity contribution < 1.29 is 23.6 Å². The van der Waals surface area contributed by atoms with Crippen molar-refractivity contribution in [1.82, 2.24) is 0 Å². The van der Waals surface area contributed by atoms with Crippen molar-refractivity contribution in [2.24, 2.45) is 17.1 Å². The lowest BCUT2D eigenvalue weighted by atomic mass is 9.75. The van der Waals surface area contributed by atoms with Gasteiger partial charge in [0.25, 0.3) is 0 Å². The third-order valence-electron chi connectivity index (χ3n) is 6.21. The highest BCUT2D eigenvalue weighted by Gasteiger charge is 2.52. The Hall–Kier alpha value is -1.44. The molecule has 0 saturated carbocycles. The third kappa shape index (κ3) is 5.92. The van der Waals surface area contributed by atoms with Crippen molar-refractivity contribution in [3.8, 4) is 5.75 Å². The first-order valence-electron chi connectivity index (χ1n) is 11.2. The molecular formula is C24H39BClNO5. The molecule has 180 valence electrons. The number of carbonyl (C=O) groups is 1. The summed E-state index contributed by atoms with van der Waals surface area (Å²) in [6.07, 6.45) is -0.736. The Morgan fingerprint density at radius 3 is 2.06 bits per heavy atom. The quantitative estimate of drug-likeness (QED) is 0.548. The smallest absolute Gasteiger partial charge is 0.484 e. The normalized spacial score (nSPS) is 20.7. The van der Waals surface area contributed by atoms with Gasteiger partial charge in [0.05, 0.1) is 16.2 Å². The van der Waals surface area contributed by atoms with Crippen LogP contribution in [0.4, 0.5) is 4.79 Å². The van der Waals surface area contributed by atoms with E-state index in [0.717, 1.165) is 5.46 Å². The molecule has 1 amide bonds. The summed E-state index contributed by atoms with van der Waals surface area (Å²) in [7, 11) is -0.519. The van der Waals surface area contributed by atoms with E-state index in [0.29, 0.717) is 17.2 Å². The summed E-state index contributed by atoms with van der Waals surface area (Å²) in [5, 5.41) is 0.428. The fraction of sp³-hybridized carbons (Fsp3) is 0.708. The van der Waals surface area contributed by atoms with Crippen molar-refractivity contribution in [3.63, 3.8) is 0 Å². The molecule has 0 aromatic heterocycles. The van der Waals surface area contributed by atoms with Gasteiger partial charge in [0.15, 0.2) is 0 Å². The minimum absolute atomic E-state index is 0.258. The zero-order valence-corrected chi connectivity index (χ0v) is 21.9. The van der Waals surface area contributed by atoms with Crippen LogP contribution < -0.4 is 15.9 Å². The first-order chi connectivity index (χ1) is 14.4. The molecule has 1 saturated heterocycles. The van der Waals surface area contributed by atoms with Crippen LogP contribution in [-0.2, 0) is 14.0 Å². The number of primary amides is 1. The predicted octanol–water partition coefficient (Wildman–Crippen LogP) is 5.33. The number of nitrogens with two attached hydrogens (primary N) is 1. The fourth-order valence-electron chi connectivity index (χ4n) is 4.33. The topological polar surface area (TPSA) is 80.0 Å². The Labute approximate surface area is 198 Å². The molecule has 2 rings (SSSR count). The van der Waals surface area contributed by atoms with Gasteiger partial charge in [-0.05, 0) is 64.6 Å². The zero-order valence-electron chi connectivity index (χ0n) is 21.2. The number of hydrogen-bond acceptors (Lipinski definition) is 5. The lowest BCUT2D eigenvalue weighted by Crippen LogP contribution is -2.54. The van der Waals surface area contributed by atoms with E-state index in [-0.39, 0.29) is 11.3 Å². The lowest BCUT2D eigenvalue weighted by Gasteiger charge is -2.44. The van der Waals surface area contributed by atoms with E-state index in [4.69, 9.17) is 36.1 Å². The molecular weight excluding hydrogens is 429 g/mol. The molecule has 0 bridgehead atoms. The number of hydrogen-bond donors (Lipinski definition) is 1. The number of benzene rings is 1. The highest BCUT2D eigenvalue weighted by molar-refractivity contribution is 6.62. The molecule has 2 atom stereocenters. The molecule has 8 heteroatoms. The Bertz CT molecular complexity index is 820. The van der Waals surface area contributed by atoms with E-state index in [1.807, 2.05) is 67.5 Å². The van der Waals surface area contributed by atoms with Crippen molar-refractivity contribution in [1.29, 1.82) is 0 Å². The molecule has 1 fully saturated rings. The second kappa shape index (κ2) is 9.07. The first-order valence-corrected chi connectivity index (χ1v) is 11.6. The minimum Gasteiger partial charge on any atom is -0.484 e. The maximum absolute atomic E-state index is 11.7. The fourth-order valence-corrected chi connectivity index (χ4v) is 4.56. The van der Waals surface area contributed by atoms with E-state index >= 15 is 0 Å². The number of carbonyl (C=O) groups excluding carboxylic acids is 1. The summed E-state index contributed by atoms with van der Waals surface area (Å²) in [6, 6.07) is 5.49. The number of halogens is 1. The second-order valence-electron chi connectivity index (χ2n) is 11.5. The van der Waals surface area contributed by atoms with Crippen molar-refractivity contribution in [2.75, 3.05) is 0 Å². The second-order valence-corrected chi connectivity index (χ2v) is 11.9. The van der Waals surface area contributed by atoms with Gasteiger partial charge in [0, 0.05) is 5.41 Å². The van der Waals surface area contributed by atoms with Gasteiger partial charge in [-0.2, -0.15) is 0 Å². The molecule has 1 aliphatic rings. The van der Waals surface area contributed by atoms with E-state index in [9.17, 15) is 4.79 Å². The van der Waals surface area contributed by atoms with E-state index < -0.39 is 36.1 Å². The van der Waals surface area contributed by atoms with Crippen LogP contribution in [0, 0.1) is 11.3 Å². The molecule has 0 radical (unpaired) electrons. The Balaban J connectivity index is 2.36. The van der Waals surface area contributed by atoms with Gasteiger partial charge >= 0.3 is 13.2 Å². The summed E-state index contributed by atoms with van der Waals surface area (Å²) < 4.78 is 24.3. The van der Waals surface area contributed by atoms with Crippen LogP contribution in [0.15, 0.2) is 18.2 Å². The maximum atomic E-state index is 11.7. The molecule has 0 spiro atoms. The molecule has 1 heterocycles. The largest absolute Gasteiger partial charge is 0.494 e. The zero-order chi connectivity index (χ0) is 24.7. The summed E-state index contributed by atoms with van der Waals surface area (Å²) >= 11 is 6.64. The van der Waals surface area contributed by atoms with Gasteiger partial charge in [-0.15, -0.1) is 0 Å². The molecule has 6 nitrogen and oxygen atoms in total. The Morgan fingerprint density at radius 1 is 1.12 bits per heavy atom. The summed E-state index contributed by atoms with van der Waals surface area (Å²) in [5.74, 6) is 0.754. The van der Waals surface area contributed by atoms with Crippen LogP contribution in [0.1, 0.15) is 75.7 Å². The summed E-state index contributed by atoms with van der Waals surface area (Å²) in [4.78, 5) is 11.7. The maximum Gasteiger partial charge on any atom is 0.494 e. The minimum atomic E-state index is -0.939. The Kier molecular flexibility index (Phi) is 7.60. The van der Waals surface area contributed by atoms with Gasteiger partial charge in [-0.25, -0.2) is 4.79 Å². The average molecular weight is 468 g/mol. The molecule has 32 heavy (non-hydrogen) atoms. The standard InChI is InChI=1S/C24H39BClNO5/c1-15(2)14-24(10,30-20(27)28)19(21(3,4)5)29-18-12-11-16(13-17(18)26)25-31-22(6,7)23(8,9)32-25/h11-13,15,19H,14H2,1-10H3,(H2,27,28)/t19-,24?/m0/s1.